The number of hydrogen-bond acceptors (Lipinski definition) is 3. The van der Waals surface area contributed by atoms with E-state index < -0.39 is 0 Å². The van der Waals surface area contributed by atoms with Crippen LogP contribution >= 0.6 is 0 Å². The smallest absolute Gasteiger partial charge is 0.226 e. The highest BCUT2D eigenvalue weighted by Crippen LogP contribution is 2.48. The van der Waals surface area contributed by atoms with E-state index in [1.165, 1.54) is 31.5 Å². The summed E-state index contributed by atoms with van der Waals surface area (Å²) in [4.78, 5) is 17.7. The Balaban J connectivity index is 1.69. The minimum atomic E-state index is 0.277. The average molecular weight is 340 g/mol. The number of likely N-dealkylation sites (tertiary alicyclic amines) is 1. The summed E-state index contributed by atoms with van der Waals surface area (Å²) in [5.41, 5.74) is 1.26. The van der Waals surface area contributed by atoms with Crippen LogP contribution in [-0.2, 0) is 4.79 Å². The Bertz CT molecular complexity index is 664. The number of piperidine rings is 3. The summed E-state index contributed by atoms with van der Waals surface area (Å²) in [6, 6.07) is 9.16. The molecule has 134 valence electrons. The van der Waals surface area contributed by atoms with Crippen molar-refractivity contribution in [2.24, 2.45) is 5.92 Å². The molecule has 1 amide bonds. The summed E-state index contributed by atoms with van der Waals surface area (Å²) in [7, 11) is 1.74. The minimum absolute atomic E-state index is 0.277. The number of amides is 1. The third-order valence-corrected chi connectivity index (χ3v) is 6.38. The molecule has 4 nitrogen and oxygen atoms in total. The minimum Gasteiger partial charge on any atom is -0.496 e. The number of carbonyl (C=O) groups excluding carboxylic acids is 1. The lowest BCUT2D eigenvalue weighted by Crippen LogP contribution is -2.60. The van der Waals surface area contributed by atoms with Gasteiger partial charge in [0.1, 0.15) is 5.75 Å². The van der Waals surface area contributed by atoms with Crippen molar-refractivity contribution >= 4 is 5.91 Å². The zero-order valence-corrected chi connectivity index (χ0v) is 15.2. The first-order valence-electron chi connectivity index (χ1n) is 9.52. The fraction of sp³-hybridized carbons (Fsp3) is 0.571. The Labute approximate surface area is 150 Å². The molecule has 0 saturated carbocycles. The van der Waals surface area contributed by atoms with E-state index in [4.69, 9.17) is 4.74 Å². The van der Waals surface area contributed by atoms with Gasteiger partial charge in [0.15, 0.2) is 0 Å². The largest absolute Gasteiger partial charge is 0.496 e. The molecule has 0 aromatic heterocycles. The summed E-state index contributed by atoms with van der Waals surface area (Å²) in [5, 5.41) is 0. The van der Waals surface area contributed by atoms with Crippen LogP contribution in [0.2, 0.25) is 0 Å². The summed E-state index contributed by atoms with van der Waals surface area (Å²) < 4.78 is 5.65. The van der Waals surface area contributed by atoms with Crippen molar-refractivity contribution in [2.45, 2.75) is 44.2 Å². The number of allylic oxidation sites excluding steroid dienone is 1. The Morgan fingerprint density at radius 1 is 1.24 bits per heavy atom. The number of ether oxygens (including phenoxy) is 1. The molecule has 1 aromatic rings. The molecule has 2 bridgehead atoms. The summed E-state index contributed by atoms with van der Waals surface area (Å²) in [5.74, 6) is 2.24. The zero-order chi connectivity index (χ0) is 17.4. The molecule has 4 aliphatic rings. The van der Waals surface area contributed by atoms with Crippen molar-refractivity contribution in [1.29, 1.82) is 0 Å². The van der Waals surface area contributed by atoms with Gasteiger partial charge in [0.25, 0.3) is 0 Å². The van der Waals surface area contributed by atoms with Crippen molar-refractivity contribution in [3.63, 3.8) is 0 Å². The molecular formula is C21H28N2O2. The van der Waals surface area contributed by atoms with E-state index in [0.717, 1.165) is 12.3 Å². The highest BCUT2D eigenvalue weighted by molar-refractivity contribution is 5.79. The Hall–Kier alpha value is -1.81. The van der Waals surface area contributed by atoms with Gasteiger partial charge in [0.2, 0.25) is 5.91 Å². The first-order valence-corrected chi connectivity index (χ1v) is 9.52. The number of rotatable bonds is 4. The molecule has 4 fully saturated rings. The Morgan fingerprint density at radius 2 is 2.00 bits per heavy atom. The van der Waals surface area contributed by atoms with Crippen LogP contribution in [-0.4, -0.2) is 54.5 Å². The standard InChI is InChI=1S/C21H28N2O2/c1-3-4-9-19(24)23-14-17(16-7-5-6-8-18(16)25-2)21-20(23)15-10-12-22(21)13-11-15/h3-8,15,17,20-21H,9-14H2,1-2H3/b4-3+/t17-,20+,21+/m0/s1. The quantitative estimate of drug-likeness (QED) is 0.790. The lowest BCUT2D eigenvalue weighted by molar-refractivity contribution is -0.135. The van der Waals surface area contributed by atoms with Gasteiger partial charge in [-0.15, -0.1) is 0 Å². The van der Waals surface area contributed by atoms with Crippen molar-refractivity contribution in [3.05, 3.63) is 42.0 Å². The number of benzene rings is 1. The molecule has 4 heterocycles. The van der Waals surface area contributed by atoms with Gasteiger partial charge in [0, 0.05) is 30.5 Å². The fourth-order valence-electron chi connectivity index (χ4n) is 5.29. The second-order valence-electron chi connectivity index (χ2n) is 7.52. The maximum absolute atomic E-state index is 12.9. The molecule has 4 aliphatic heterocycles. The topological polar surface area (TPSA) is 32.8 Å². The third kappa shape index (κ3) is 2.77. The first kappa shape index (κ1) is 16.6. The molecule has 0 unspecified atom stereocenters. The number of nitrogens with zero attached hydrogens (tertiary/aromatic N) is 2. The van der Waals surface area contributed by atoms with Gasteiger partial charge >= 0.3 is 0 Å². The molecule has 25 heavy (non-hydrogen) atoms. The summed E-state index contributed by atoms with van der Waals surface area (Å²) >= 11 is 0. The third-order valence-electron chi connectivity index (χ3n) is 6.38. The number of carbonyl (C=O) groups is 1. The highest BCUT2D eigenvalue weighted by atomic mass is 16.5. The van der Waals surface area contributed by atoms with Gasteiger partial charge < -0.3 is 9.64 Å². The average Bonchev–Trinajstić information content (AvgIpc) is 3.09. The molecule has 3 atom stereocenters. The van der Waals surface area contributed by atoms with E-state index in [0.29, 0.717) is 30.3 Å². The van der Waals surface area contributed by atoms with Gasteiger partial charge in [-0.3, -0.25) is 9.69 Å². The zero-order valence-electron chi connectivity index (χ0n) is 15.2. The first-order chi connectivity index (χ1) is 12.2. The van der Waals surface area contributed by atoms with Crippen LogP contribution in [0.15, 0.2) is 36.4 Å². The SMILES string of the molecule is C/C=C/CC(=O)N1C[C@@H](c2ccccc2OC)[C@@H]2[C@H]1C1CCN2CC1. The molecule has 1 aromatic carbocycles. The predicted molar refractivity (Wildman–Crippen MR) is 98.8 cm³/mol. The van der Waals surface area contributed by atoms with Crippen LogP contribution in [0, 0.1) is 5.92 Å². The normalized spacial score (nSPS) is 33.7. The number of methoxy groups -OCH3 is 1. The van der Waals surface area contributed by atoms with Crippen LogP contribution in [0.5, 0.6) is 5.75 Å². The molecular weight excluding hydrogens is 312 g/mol. The van der Waals surface area contributed by atoms with Gasteiger partial charge in [-0.1, -0.05) is 30.4 Å². The summed E-state index contributed by atoms with van der Waals surface area (Å²) in [6.45, 7) is 5.15. The predicted octanol–water partition coefficient (Wildman–Crippen LogP) is 3.05. The van der Waals surface area contributed by atoms with Crippen molar-refractivity contribution < 1.29 is 9.53 Å². The van der Waals surface area contributed by atoms with E-state index in [9.17, 15) is 4.79 Å². The second kappa shape index (κ2) is 6.83. The van der Waals surface area contributed by atoms with Crippen LogP contribution in [0.3, 0.4) is 0 Å². The molecule has 4 heteroatoms. The van der Waals surface area contributed by atoms with Gasteiger partial charge in [-0.05, 0) is 44.8 Å². The summed E-state index contributed by atoms with van der Waals surface area (Å²) in [6.07, 6.45) is 6.93. The van der Waals surface area contributed by atoms with Crippen molar-refractivity contribution in [2.75, 3.05) is 26.7 Å². The molecule has 0 N–H and O–H groups in total. The van der Waals surface area contributed by atoms with Crippen LogP contribution in [0.4, 0.5) is 0 Å². The van der Waals surface area contributed by atoms with Gasteiger partial charge in [0.05, 0.1) is 13.2 Å². The molecule has 0 radical (unpaired) electrons. The maximum Gasteiger partial charge on any atom is 0.226 e. The highest BCUT2D eigenvalue weighted by Gasteiger charge is 2.54. The molecule has 0 aliphatic carbocycles. The van der Waals surface area contributed by atoms with E-state index in [1.54, 1.807) is 7.11 Å². The Kier molecular flexibility index (Phi) is 4.55. The monoisotopic (exact) mass is 340 g/mol. The number of para-hydroxylation sites is 1. The maximum atomic E-state index is 12.9. The Morgan fingerprint density at radius 3 is 2.72 bits per heavy atom. The van der Waals surface area contributed by atoms with Gasteiger partial charge in [-0.25, -0.2) is 0 Å². The molecule has 5 rings (SSSR count). The fourth-order valence-corrected chi connectivity index (χ4v) is 5.29. The molecule has 0 spiro atoms. The van der Waals surface area contributed by atoms with Crippen molar-refractivity contribution in [3.8, 4) is 5.75 Å². The molecule has 4 saturated heterocycles. The lowest BCUT2D eigenvalue weighted by atomic mass is 9.75. The van der Waals surface area contributed by atoms with E-state index in [2.05, 4.69) is 21.9 Å². The van der Waals surface area contributed by atoms with E-state index in [1.807, 2.05) is 31.2 Å². The van der Waals surface area contributed by atoms with E-state index >= 15 is 0 Å². The van der Waals surface area contributed by atoms with Gasteiger partial charge in [-0.2, -0.15) is 0 Å². The van der Waals surface area contributed by atoms with Crippen LogP contribution in [0.25, 0.3) is 0 Å². The van der Waals surface area contributed by atoms with Crippen LogP contribution in [0.1, 0.15) is 37.7 Å². The number of hydrogen-bond donors (Lipinski definition) is 0. The van der Waals surface area contributed by atoms with Crippen LogP contribution < -0.4 is 4.74 Å². The van der Waals surface area contributed by atoms with Crippen molar-refractivity contribution in [1.82, 2.24) is 9.80 Å². The second-order valence-corrected chi connectivity index (χ2v) is 7.52. The number of fused-ring (bicyclic) bond motifs is 2. The lowest BCUT2D eigenvalue weighted by Gasteiger charge is -2.51. The van der Waals surface area contributed by atoms with E-state index in [-0.39, 0.29) is 5.91 Å².